The molecule has 4 rings (SSSR count). The summed E-state index contributed by atoms with van der Waals surface area (Å²) in [6, 6.07) is 14.8. The van der Waals surface area contributed by atoms with Crippen molar-refractivity contribution in [1.82, 2.24) is 29.7 Å². The SMILES string of the molecule is O=C(NCCCCCCNC(=O)n1cnc2ccccc21)n1cnc2ccccc21. The molecule has 0 radical (unpaired) electrons. The summed E-state index contributed by atoms with van der Waals surface area (Å²) in [7, 11) is 0. The molecule has 2 amide bonds. The van der Waals surface area contributed by atoms with Crippen LogP contribution in [0.15, 0.2) is 61.2 Å². The minimum Gasteiger partial charge on any atom is -0.337 e. The van der Waals surface area contributed by atoms with E-state index in [9.17, 15) is 9.59 Å². The van der Waals surface area contributed by atoms with Crippen molar-refractivity contribution in [1.29, 1.82) is 0 Å². The standard InChI is InChI=1S/C22H24N6O2/c29-21(27-15-25-17-9-3-5-11-19(17)27)23-13-7-1-2-8-14-24-22(30)28-16-26-18-10-4-6-12-20(18)28/h3-6,9-12,15-16H,1-2,7-8,13-14H2,(H,23,29)(H,24,30). The molecule has 30 heavy (non-hydrogen) atoms. The van der Waals surface area contributed by atoms with Crippen molar-refractivity contribution < 1.29 is 9.59 Å². The van der Waals surface area contributed by atoms with Crippen molar-refractivity contribution in [3.8, 4) is 0 Å². The third kappa shape index (κ3) is 4.32. The number of para-hydroxylation sites is 4. The number of carbonyl (C=O) groups is 2. The van der Waals surface area contributed by atoms with Crippen LogP contribution in [0.5, 0.6) is 0 Å². The molecule has 8 nitrogen and oxygen atoms in total. The minimum atomic E-state index is -0.163. The summed E-state index contributed by atoms with van der Waals surface area (Å²) in [6.07, 6.45) is 6.83. The number of amides is 2. The number of imidazole rings is 2. The Labute approximate surface area is 173 Å². The Morgan fingerprint density at radius 1 is 0.667 bits per heavy atom. The molecule has 2 aromatic carbocycles. The number of benzene rings is 2. The highest BCUT2D eigenvalue weighted by Crippen LogP contribution is 2.12. The summed E-state index contributed by atoms with van der Waals surface area (Å²) in [5, 5.41) is 5.85. The van der Waals surface area contributed by atoms with Gasteiger partial charge in [0.1, 0.15) is 12.7 Å². The largest absolute Gasteiger partial charge is 0.337 e. The Morgan fingerprint density at radius 3 is 1.57 bits per heavy atom. The van der Waals surface area contributed by atoms with Crippen LogP contribution >= 0.6 is 0 Å². The summed E-state index contributed by atoms with van der Waals surface area (Å²) in [5.41, 5.74) is 3.21. The van der Waals surface area contributed by atoms with Gasteiger partial charge in [-0.05, 0) is 37.1 Å². The Balaban J connectivity index is 1.12. The Hall–Kier alpha value is -3.68. The molecule has 0 saturated heterocycles. The number of hydrogen-bond donors (Lipinski definition) is 2. The van der Waals surface area contributed by atoms with Gasteiger partial charge in [0.05, 0.1) is 22.1 Å². The van der Waals surface area contributed by atoms with Crippen molar-refractivity contribution >= 4 is 34.1 Å². The van der Waals surface area contributed by atoms with E-state index < -0.39 is 0 Å². The maximum absolute atomic E-state index is 12.3. The van der Waals surface area contributed by atoms with Crippen LogP contribution in [-0.2, 0) is 0 Å². The minimum absolute atomic E-state index is 0.163. The lowest BCUT2D eigenvalue weighted by Crippen LogP contribution is -2.29. The molecule has 0 aliphatic heterocycles. The van der Waals surface area contributed by atoms with E-state index in [2.05, 4.69) is 20.6 Å². The van der Waals surface area contributed by atoms with Crippen molar-refractivity contribution in [2.75, 3.05) is 13.1 Å². The molecule has 0 bridgehead atoms. The van der Waals surface area contributed by atoms with Crippen LogP contribution in [0.1, 0.15) is 25.7 Å². The predicted molar refractivity (Wildman–Crippen MR) is 116 cm³/mol. The number of rotatable bonds is 7. The fourth-order valence-electron chi connectivity index (χ4n) is 3.41. The van der Waals surface area contributed by atoms with Crippen molar-refractivity contribution in [2.45, 2.75) is 25.7 Å². The Kier molecular flexibility index (Phi) is 6.03. The van der Waals surface area contributed by atoms with Crippen LogP contribution in [0.4, 0.5) is 9.59 Å². The van der Waals surface area contributed by atoms with Gasteiger partial charge in [-0.15, -0.1) is 0 Å². The van der Waals surface area contributed by atoms with Gasteiger partial charge in [-0.2, -0.15) is 0 Å². The van der Waals surface area contributed by atoms with Gasteiger partial charge in [-0.3, -0.25) is 9.13 Å². The van der Waals surface area contributed by atoms with E-state index in [0.29, 0.717) is 13.1 Å². The van der Waals surface area contributed by atoms with Gasteiger partial charge in [-0.1, -0.05) is 37.1 Å². The smallest absolute Gasteiger partial charge is 0.327 e. The van der Waals surface area contributed by atoms with E-state index in [1.54, 1.807) is 12.7 Å². The highest BCUT2D eigenvalue weighted by atomic mass is 16.2. The molecule has 4 aromatic rings. The number of carbonyl (C=O) groups excluding carboxylic acids is 2. The van der Waals surface area contributed by atoms with Gasteiger partial charge in [0.15, 0.2) is 0 Å². The first kappa shape index (κ1) is 19.6. The van der Waals surface area contributed by atoms with Crippen LogP contribution in [-0.4, -0.2) is 44.3 Å². The number of hydrogen-bond acceptors (Lipinski definition) is 4. The second-order valence-corrected chi connectivity index (χ2v) is 7.08. The van der Waals surface area contributed by atoms with Crippen molar-refractivity contribution in [3.63, 3.8) is 0 Å². The number of nitrogens with zero attached hydrogens (tertiary/aromatic N) is 4. The average molecular weight is 404 g/mol. The Bertz CT molecular complexity index is 1070. The maximum atomic E-state index is 12.3. The van der Waals surface area contributed by atoms with E-state index in [-0.39, 0.29) is 12.1 Å². The molecule has 0 fully saturated rings. The topological polar surface area (TPSA) is 93.8 Å². The molecule has 0 atom stereocenters. The summed E-state index contributed by atoms with van der Waals surface area (Å²) >= 11 is 0. The number of unbranched alkanes of at least 4 members (excludes halogenated alkanes) is 3. The number of aromatic nitrogens is 4. The van der Waals surface area contributed by atoms with E-state index in [0.717, 1.165) is 47.8 Å². The van der Waals surface area contributed by atoms with Gasteiger partial charge in [0.2, 0.25) is 0 Å². The van der Waals surface area contributed by atoms with E-state index in [1.807, 2.05) is 48.5 Å². The predicted octanol–water partition coefficient (Wildman–Crippen LogP) is 3.76. The van der Waals surface area contributed by atoms with Gasteiger partial charge < -0.3 is 10.6 Å². The lowest BCUT2D eigenvalue weighted by molar-refractivity contribution is 0.241. The van der Waals surface area contributed by atoms with E-state index >= 15 is 0 Å². The van der Waals surface area contributed by atoms with Crippen LogP contribution in [0.2, 0.25) is 0 Å². The molecule has 0 aliphatic rings. The lowest BCUT2D eigenvalue weighted by atomic mass is 10.2. The van der Waals surface area contributed by atoms with Gasteiger partial charge >= 0.3 is 12.1 Å². The monoisotopic (exact) mass is 404 g/mol. The maximum Gasteiger partial charge on any atom is 0.327 e. The summed E-state index contributed by atoms with van der Waals surface area (Å²) in [4.78, 5) is 33.0. The van der Waals surface area contributed by atoms with Gasteiger partial charge in [0, 0.05) is 13.1 Å². The van der Waals surface area contributed by atoms with Crippen LogP contribution < -0.4 is 10.6 Å². The zero-order valence-electron chi connectivity index (χ0n) is 16.6. The number of fused-ring (bicyclic) bond motifs is 2. The van der Waals surface area contributed by atoms with E-state index in [1.165, 1.54) is 9.13 Å². The molecule has 0 unspecified atom stereocenters. The zero-order valence-corrected chi connectivity index (χ0v) is 16.6. The highest BCUT2D eigenvalue weighted by Gasteiger charge is 2.09. The normalized spacial score (nSPS) is 11.1. The highest BCUT2D eigenvalue weighted by molar-refractivity contribution is 5.89. The third-order valence-corrected chi connectivity index (χ3v) is 5.00. The first-order chi connectivity index (χ1) is 14.7. The van der Waals surface area contributed by atoms with Crippen molar-refractivity contribution in [3.05, 3.63) is 61.2 Å². The molecule has 154 valence electrons. The number of nitrogens with one attached hydrogen (secondary N) is 2. The zero-order chi connectivity index (χ0) is 20.8. The molecular weight excluding hydrogens is 380 g/mol. The Morgan fingerprint density at radius 2 is 1.10 bits per heavy atom. The summed E-state index contributed by atoms with van der Waals surface area (Å²) < 4.78 is 3.06. The lowest BCUT2D eigenvalue weighted by Gasteiger charge is -2.08. The van der Waals surface area contributed by atoms with Crippen LogP contribution in [0.3, 0.4) is 0 Å². The molecule has 2 heterocycles. The molecule has 2 aromatic heterocycles. The summed E-state index contributed by atoms with van der Waals surface area (Å²) in [6.45, 7) is 1.22. The van der Waals surface area contributed by atoms with Crippen LogP contribution in [0.25, 0.3) is 22.1 Å². The first-order valence-electron chi connectivity index (χ1n) is 10.1. The van der Waals surface area contributed by atoms with E-state index in [4.69, 9.17) is 0 Å². The third-order valence-electron chi connectivity index (χ3n) is 5.00. The fourth-order valence-corrected chi connectivity index (χ4v) is 3.41. The first-order valence-corrected chi connectivity index (χ1v) is 10.1. The van der Waals surface area contributed by atoms with Gasteiger partial charge in [-0.25, -0.2) is 19.6 Å². The second-order valence-electron chi connectivity index (χ2n) is 7.08. The van der Waals surface area contributed by atoms with Gasteiger partial charge in [0.25, 0.3) is 0 Å². The van der Waals surface area contributed by atoms with Crippen molar-refractivity contribution in [2.24, 2.45) is 0 Å². The molecule has 2 N–H and O–H groups in total. The van der Waals surface area contributed by atoms with Crippen LogP contribution in [0, 0.1) is 0 Å². The molecular formula is C22H24N6O2. The molecule has 8 heteroatoms. The summed E-state index contributed by atoms with van der Waals surface area (Å²) in [5.74, 6) is 0. The molecule has 0 aliphatic carbocycles. The molecule has 0 saturated carbocycles. The quantitative estimate of drug-likeness (QED) is 0.459. The second kappa shape index (κ2) is 9.21. The molecule has 0 spiro atoms. The fraction of sp³-hybridized carbons (Fsp3) is 0.273. The average Bonchev–Trinajstić information content (AvgIpc) is 3.39.